The van der Waals surface area contributed by atoms with E-state index >= 15 is 0 Å². The molecule has 0 bridgehead atoms. The Morgan fingerprint density at radius 1 is 1.56 bits per heavy atom. The molecule has 0 saturated heterocycles. The van der Waals surface area contributed by atoms with Crippen molar-refractivity contribution in [1.29, 1.82) is 0 Å². The number of esters is 1. The van der Waals surface area contributed by atoms with E-state index in [1.54, 1.807) is 26.1 Å². The van der Waals surface area contributed by atoms with E-state index in [2.05, 4.69) is 4.98 Å². The van der Waals surface area contributed by atoms with E-state index in [9.17, 15) is 9.59 Å². The summed E-state index contributed by atoms with van der Waals surface area (Å²) in [6, 6.07) is 2.38. The molecule has 1 unspecified atom stereocenters. The monoisotopic (exact) mass is 252 g/mol. The minimum Gasteiger partial charge on any atom is -0.480 e. The first-order valence-electron chi connectivity index (χ1n) is 5.56. The summed E-state index contributed by atoms with van der Waals surface area (Å²) in [5, 5.41) is 8.96. The van der Waals surface area contributed by atoms with Gasteiger partial charge in [-0.1, -0.05) is 0 Å². The van der Waals surface area contributed by atoms with Gasteiger partial charge >= 0.3 is 11.9 Å². The number of nitrogens with zero attached hydrogens (tertiary/aromatic N) is 2. The van der Waals surface area contributed by atoms with Crippen molar-refractivity contribution in [2.75, 3.05) is 18.6 Å². The highest BCUT2D eigenvalue weighted by Crippen LogP contribution is 2.19. The molecule has 0 fully saturated rings. The predicted molar refractivity (Wildman–Crippen MR) is 65.7 cm³/mol. The summed E-state index contributed by atoms with van der Waals surface area (Å²) in [6.07, 6.45) is 1.50. The van der Waals surface area contributed by atoms with Crippen LogP contribution in [0, 0.1) is 0 Å². The molecule has 6 nitrogen and oxygen atoms in total. The van der Waals surface area contributed by atoms with Crippen molar-refractivity contribution in [1.82, 2.24) is 4.98 Å². The zero-order chi connectivity index (χ0) is 13.7. The maximum absolute atomic E-state index is 11.7. The van der Waals surface area contributed by atoms with Gasteiger partial charge in [-0.15, -0.1) is 0 Å². The van der Waals surface area contributed by atoms with Crippen LogP contribution in [0.1, 0.15) is 24.2 Å². The molecule has 1 aromatic rings. The Morgan fingerprint density at radius 3 is 2.78 bits per heavy atom. The van der Waals surface area contributed by atoms with Crippen LogP contribution >= 0.6 is 0 Å². The van der Waals surface area contributed by atoms with E-state index in [0.29, 0.717) is 5.82 Å². The highest BCUT2D eigenvalue weighted by molar-refractivity contribution is 5.95. The summed E-state index contributed by atoms with van der Waals surface area (Å²) in [4.78, 5) is 28.1. The molecule has 1 aromatic heterocycles. The lowest BCUT2D eigenvalue weighted by Crippen LogP contribution is -2.37. The molecule has 1 N–H and O–H groups in total. The topological polar surface area (TPSA) is 79.7 Å². The summed E-state index contributed by atoms with van der Waals surface area (Å²) in [5.74, 6) is -1.20. The Bertz CT molecular complexity index is 447. The number of carbonyl (C=O) groups excluding carboxylic acids is 1. The van der Waals surface area contributed by atoms with Crippen molar-refractivity contribution in [3.63, 3.8) is 0 Å². The van der Waals surface area contributed by atoms with Gasteiger partial charge in [-0.05, 0) is 26.0 Å². The largest absolute Gasteiger partial charge is 0.480 e. The number of likely N-dealkylation sites (N-methyl/N-ethyl adjacent to an activating group) is 1. The van der Waals surface area contributed by atoms with Gasteiger partial charge in [0.1, 0.15) is 17.4 Å². The summed E-state index contributed by atoms with van der Waals surface area (Å²) in [6.45, 7) is 3.48. The van der Waals surface area contributed by atoms with Crippen molar-refractivity contribution in [3.05, 3.63) is 23.9 Å². The van der Waals surface area contributed by atoms with Crippen LogP contribution in [0.2, 0.25) is 0 Å². The van der Waals surface area contributed by atoms with Crippen molar-refractivity contribution in [3.8, 4) is 0 Å². The van der Waals surface area contributed by atoms with Gasteiger partial charge in [-0.3, -0.25) is 0 Å². The fraction of sp³-hybridized carbons (Fsp3) is 0.417. The zero-order valence-electron chi connectivity index (χ0n) is 10.6. The molecule has 1 atom stereocenters. The van der Waals surface area contributed by atoms with Crippen LogP contribution in [0.5, 0.6) is 0 Å². The van der Waals surface area contributed by atoms with Crippen LogP contribution in [0.3, 0.4) is 0 Å². The van der Waals surface area contributed by atoms with Crippen LogP contribution < -0.4 is 4.90 Å². The summed E-state index contributed by atoms with van der Waals surface area (Å²) in [7, 11) is 1.57. The minimum absolute atomic E-state index is 0.255. The summed E-state index contributed by atoms with van der Waals surface area (Å²) >= 11 is 0. The van der Waals surface area contributed by atoms with Gasteiger partial charge < -0.3 is 14.7 Å². The smallest absolute Gasteiger partial charge is 0.341 e. The highest BCUT2D eigenvalue weighted by Gasteiger charge is 2.23. The number of anilines is 1. The van der Waals surface area contributed by atoms with Gasteiger partial charge in [0.05, 0.1) is 6.61 Å². The molecule has 0 spiro atoms. The number of carboxylic acids is 1. The first-order valence-corrected chi connectivity index (χ1v) is 5.56. The molecular formula is C12H16N2O4. The molecule has 98 valence electrons. The molecule has 0 amide bonds. The van der Waals surface area contributed by atoms with Crippen LogP contribution in [0.4, 0.5) is 5.82 Å². The van der Waals surface area contributed by atoms with Gasteiger partial charge in [-0.25, -0.2) is 14.6 Å². The molecule has 0 saturated carbocycles. The zero-order valence-corrected chi connectivity index (χ0v) is 10.6. The average molecular weight is 252 g/mol. The SMILES string of the molecule is CCOC(=O)c1cccnc1N(C)C(C)C(=O)O. The molecule has 0 aromatic carbocycles. The number of hydrogen-bond acceptors (Lipinski definition) is 5. The number of rotatable bonds is 5. The van der Waals surface area contributed by atoms with Crippen LogP contribution in [0.15, 0.2) is 18.3 Å². The number of aliphatic carboxylic acids is 1. The Hall–Kier alpha value is -2.11. The molecule has 0 radical (unpaired) electrons. The highest BCUT2D eigenvalue weighted by atomic mass is 16.5. The second kappa shape index (κ2) is 6.00. The Labute approximate surface area is 105 Å². The maximum atomic E-state index is 11.7. The number of pyridine rings is 1. The fourth-order valence-electron chi connectivity index (χ4n) is 1.40. The fourth-order valence-corrected chi connectivity index (χ4v) is 1.40. The number of carboxylic acid groups (broad SMARTS) is 1. The van der Waals surface area contributed by atoms with E-state index in [1.165, 1.54) is 18.0 Å². The van der Waals surface area contributed by atoms with Crippen molar-refractivity contribution >= 4 is 17.8 Å². The third-order valence-electron chi connectivity index (χ3n) is 2.55. The van der Waals surface area contributed by atoms with Gasteiger partial charge in [0.2, 0.25) is 0 Å². The molecule has 6 heteroatoms. The lowest BCUT2D eigenvalue weighted by atomic mass is 10.2. The van der Waals surface area contributed by atoms with E-state index in [4.69, 9.17) is 9.84 Å². The van der Waals surface area contributed by atoms with E-state index < -0.39 is 18.0 Å². The van der Waals surface area contributed by atoms with Crippen molar-refractivity contribution < 1.29 is 19.4 Å². The lowest BCUT2D eigenvalue weighted by Gasteiger charge is -2.24. The summed E-state index contributed by atoms with van der Waals surface area (Å²) in [5.41, 5.74) is 0.259. The second-order valence-electron chi connectivity index (χ2n) is 3.72. The average Bonchev–Trinajstić information content (AvgIpc) is 2.37. The van der Waals surface area contributed by atoms with Gasteiger partial charge in [0.15, 0.2) is 0 Å². The van der Waals surface area contributed by atoms with Gasteiger partial charge in [0, 0.05) is 13.2 Å². The number of aromatic nitrogens is 1. The normalized spacial score (nSPS) is 11.7. The second-order valence-corrected chi connectivity index (χ2v) is 3.72. The predicted octanol–water partition coefficient (Wildman–Crippen LogP) is 1.17. The van der Waals surface area contributed by atoms with Gasteiger partial charge in [-0.2, -0.15) is 0 Å². The Morgan fingerprint density at radius 2 is 2.22 bits per heavy atom. The van der Waals surface area contributed by atoms with Crippen molar-refractivity contribution in [2.24, 2.45) is 0 Å². The van der Waals surface area contributed by atoms with Crippen LogP contribution in [-0.4, -0.2) is 41.7 Å². The number of hydrogen-bond donors (Lipinski definition) is 1. The van der Waals surface area contributed by atoms with E-state index in [1.807, 2.05) is 0 Å². The van der Waals surface area contributed by atoms with Crippen LogP contribution in [-0.2, 0) is 9.53 Å². The Kier molecular flexibility index (Phi) is 4.65. The summed E-state index contributed by atoms with van der Waals surface area (Å²) < 4.78 is 4.91. The molecule has 0 aliphatic heterocycles. The van der Waals surface area contributed by atoms with Gasteiger partial charge in [0.25, 0.3) is 0 Å². The third kappa shape index (κ3) is 2.97. The van der Waals surface area contributed by atoms with E-state index in [-0.39, 0.29) is 12.2 Å². The van der Waals surface area contributed by atoms with E-state index in [0.717, 1.165) is 0 Å². The first-order chi connectivity index (χ1) is 8.49. The van der Waals surface area contributed by atoms with Crippen molar-refractivity contribution in [2.45, 2.75) is 19.9 Å². The molecule has 1 heterocycles. The Balaban J connectivity index is 3.08. The molecule has 18 heavy (non-hydrogen) atoms. The van der Waals surface area contributed by atoms with Crippen LogP contribution in [0.25, 0.3) is 0 Å². The maximum Gasteiger partial charge on any atom is 0.341 e. The molecule has 1 rings (SSSR count). The first kappa shape index (κ1) is 14.0. The quantitative estimate of drug-likeness (QED) is 0.792. The molecule has 0 aliphatic rings. The minimum atomic E-state index is -0.988. The standard InChI is InChI=1S/C12H16N2O4/c1-4-18-12(17)9-6-5-7-13-10(9)14(3)8(2)11(15)16/h5-8H,4H2,1-3H3,(H,15,16). The molecule has 0 aliphatic carbocycles. The lowest BCUT2D eigenvalue weighted by molar-refractivity contribution is -0.138. The third-order valence-corrected chi connectivity index (χ3v) is 2.55. The number of ether oxygens (including phenoxy) is 1. The number of carbonyl (C=O) groups is 2. The molecular weight excluding hydrogens is 236 g/mol.